The molecule has 0 amide bonds. The van der Waals surface area contributed by atoms with E-state index in [2.05, 4.69) is 19.6 Å². The Morgan fingerprint density at radius 1 is 0.600 bits per heavy atom. The van der Waals surface area contributed by atoms with Crippen LogP contribution in [0.15, 0.2) is 24.3 Å². The minimum atomic E-state index is -0.890. The molecular formula is C28H52O2. The zero-order valence-corrected chi connectivity index (χ0v) is 20.3. The summed E-state index contributed by atoms with van der Waals surface area (Å²) in [6, 6.07) is 0. The maximum Gasteiger partial charge on any atom is 0.331 e. The van der Waals surface area contributed by atoms with Gasteiger partial charge in [-0.05, 0) is 19.3 Å². The van der Waals surface area contributed by atoms with Crippen molar-refractivity contribution in [2.75, 3.05) is 0 Å². The van der Waals surface area contributed by atoms with Crippen LogP contribution in [0.4, 0.5) is 0 Å². The predicted octanol–water partition coefficient (Wildman–Crippen LogP) is 9.79. The lowest BCUT2D eigenvalue weighted by Gasteiger charge is -2.04. The number of rotatable bonds is 24. The zero-order valence-electron chi connectivity index (χ0n) is 20.3. The van der Waals surface area contributed by atoms with E-state index in [4.69, 9.17) is 5.11 Å². The third-order valence-electron chi connectivity index (χ3n) is 6.06. The number of allylic oxidation sites excluding steroid dienone is 2. The van der Waals surface area contributed by atoms with E-state index in [0.29, 0.717) is 6.42 Å². The fourth-order valence-corrected chi connectivity index (χ4v) is 3.95. The molecule has 2 nitrogen and oxygen atoms in total. The van der Waals surface area contributed by atoms with Crippen LogP contribution in [0, 0.1) is 0 Å². The van der Waals surface area contributed by atoms with E-state index in [-0.39, 0.29) is 5.57 Å². The molecule has 0 bridgehead atoms. The smallest absolute Gasteiger partial charge is 0.331 e. The molecule has 0 spiro atoms. The zero-order chi connectivity index (χ0) is 22.1. The minimum absolute atomic E-state index is 0.273. The van der Waals surface area contributed by atoms with Gasteiger partial charge in [-0.3, -0.25) is 0 Å². The molecule has 0 unspecified atom stereocenters. The number of hydrogen-bond donors (Lipinski definition) is 1. The fourth-order valence-electron chi connectivity index (χ4n) is 3.95. The van der Waals surface area contributed by atoms with Crippen LogP contribution in [0.3, 0.4) is 0 Å². The lowest BCUT2D eigenvalue weighted by Crippen LogP contribution is -1.96. The van der Waals surface area contributed by atoms with Crippen LogP contribution >= 0.6 is 0 Å². The van der Waals surface area contributed by atoms with Gasteiger partial charge in [0, 0.05) is 5.57 Å². The maximum atomic E-state index is 10.6. The first kappa shape index (κ1) is 28.9. The van der Waals surface area contributed by atoms with Crippen molar-refractivity contribution in [2.24, 2.45) is 0 Å². The summed E-state index contributed by atoms with van der Waals surface area (Å²) >= 11 is 0. The van der Waals surface area contributed by atoms with Gasteiger partial charge in [0.2, 0.25) is 0 Å². The van der Waals surface area contributed by atoms with E-state index >= 15 is 0 Å². The molecule has 0 aromatic rings. The summed E-state index contributed by atoms with van der Waals surface area (Å²) < 4.78 is 0. The first-order valence-electron chi connectivity index (χ1n) is 13.2. The topological polar surface area (TPSA) is 37.3 Å². The quantitative estimate of drug-likeness (QED) is 0.0958. The highest BCUT2D eigenvalue weighted by Gasteiger charge is 1.99. The van der Waals surface area contributed by atoms with Crippen LogP contribution in [0.2, 0.25) is 0 Å². The normalized spacial score (nSPS) is 11.4. The van der Waals surface area contributed by atoms with Gasteiger partial charge in [-0.1, -0.05) is 148 Å². The third-order valence-corrected chi connectivity index (χ3v) is 6.06. The Bertz CT molecular complexity index is 411. The Hall–Kier alpha value is -1.05. The first-order valence-corrected chi connectivity index (χ1v) is 13.2. The molecular weight excluding hydrogens is 368 g/mol. The average Bonchev–Trinajstić information content (AvgIpc) is 2.74. The Balaban J connectivity index is 3.10. The van der Waals surface area contributed by atoms with Gasteiger partial charge in [0.1, 0.15) is 0 Å². The summed E-state index contributed by atoms with van der Waals surface area (Å²) in [5, 5.41) is 8.73. The van der Waals surface area contributed by atoms with Gasteiger partial charge in [-0.25, -0.2) is 4.79 Å². The van der Waals surface area contributed by atoms with Crippen LogP contribution in [0.25, 0.3) is 0 Å². The molecule has 0 saturated carbocycles. The van der Waals surface area contributed by atoms with Crippen molar-refractivity contribution in [2.45, 2.75) is 148 Å². The van der Waals surface area contributed by atoms with Gasteiger partial charge in [0.15, 0.2) is 0 Å². The molecule has 0 aliphatic heterocycles. The molecule has 1 N–H and O–H groups in total. The molecule has 0 heterocycles. The van der Waals surface area contributed by atoms with Crippen molar-refractivity contribution in [3.63, 3.8) is 0 Å². The fraction of sp³-hybridized carbons (Fsp3) is 0.821. The van der Waals surface area contributed by atoms with E-state index in [9.17, 15) is 4.79 Å². The molecule has 0 aromatic carbocycles. The maximum absolute atomic E-state index is 10.6. The molecule has 176 valence electrons. The van der Waals surface area contributed by atoms with Crippen molar-refractivity contribution in [1.82, 2.24) is 0 Å². The monoisotopic (exact) mass is 420 g/mol. The lowest BCUT2D eigenvalue weighted by atomic mass is 10.0. The van der Waals surface area contributed by atoms with E-state index in [0.717, 1.165) is 6.42 Å². The number of carboxylic acids is 1. The molecule has 2 heteroatoms. The Morgan fingerprint density at radius 3 is 1.27 bits per heavy atom. The van der Waals surface area contributed by atoms with Crippen molar-refractivity contribution in [1.29, 1.82) is 0 Å². The number of carboxylic acid groups (broad SMARTS) is 1. The molecule has 0 fully saturated rings. The molecule has 0 aromatic heterocycles. The molecule has 0 radical (unpaired) electrons. The molecule has 0 atom stereocenters. The molecule has 30 heavy (non-hydrogen) atoms. The third kappa shape index (κ3) is 23.2. The minimum Gasteiger partial charge on any atom is -0.478 e. The van der Waals surface area contributed by atoms with E-state index in [1.807, 2.05) is 6.08 Å². The summed E-state index contributed by atoms with van der Waals surface area (Å²) in [5.41, 5.74) is 0.273. The van der Waals surface area contributed by atoms with Gasteiger partial charge < -0.3 is 5.11 Å². The summed E-state index contributed by atoms with van der Waals surface area (Å²) in [6.45, 7) is 5.82. The van der Waals surface area contributed by atoms with Crippen molar-refractivity contribution >= 4 is 5.97 Å². The number of carbonyl (C=O) groups is 1. The second kappa shape index (κ2) is 24.2. The highest BCUT2D eigenvalue weighted by Crippen LogP contribution is 2.15. The highest BCUT2D eigenvalue weighted by atomic mass is 16.4. The SMILES string of the molecule is C=C(CC=CCCCCCCCCCCCCCCCCCCCCCC)C(=O)O. The standard InChI is InChI=1S/C28H52O2/c1-3-4-5-6-7-8-9-10-11-12-13-14-15-16-17-18-19-20-21-22-23-24-25-26-27(2)28(29)30/h24-25H,2-23,26H2,1H3,(H,29,30). The highest BCUT2D eigenvalue weighted by molar-refractivity contribution is 5.85. The van der Waals surface area contributed by atoms with Crippen LogP contribution < -0.4 is 0 Å². The average molecular weight is 421 g/mol. The summed E-state index contributed by atoms with van der Waals surface area (Å²) in [6.07, 6.45) is 33.8. The number of unbranched alkanes of at least 4 members (excludes halogenated alkanes) is 20. The Morgan fingerprint density at radius 2 is 0.933 bits per heavy atom. The van der Waals surface area contributed by atoms with Gasteiger partial charge in [-0.15, -0.1) is 0 Å². The predicted molar refractivity (Wildman–Crippen MR) is 133 cm³/mol. The van der Waals surface area contributed by atoms with E-state index in [1.165, 1.54) is 128 Å². The van der Waals surface area contributed by atoms with Gasteiger partial charge in [0.25, 0.3) is 0 Å². The van der Waals surface area contributed by atoms with Crippen LogP contribution in [-0.4, -0.2) is 11.1 Å². The van der Waals surface area contributed by atoms with Gasteiger partial charge >= 0.3 is 5.97 Å². The van der Waals surface area contributed by atoms with Gasteiger partial charge in [0.05, 0.1) is 0 Å². The van der Waals surface area contributed by atoms with Crippen molar-refractivity contribution in [3.8, 4) is 0 Å². The van der Waals surface area contributed by atoms with Crippen molar-refractivity contribution < 1.29 is 9.90 Å². The van der Waals surface area contributed by atoms with Gasteiger partial charge in [-0.2, -0.15) is 0 Å². The Kier molecular flexibility index (Phi) is 23.4. The lowest BCUT2D eigenvalue weighted by molar-refractivity contribution is -0.132. The first-order chi connectivity index (χ1) is 14.7. The van der Waals surface area contributed by atoms with Crippen LogP contribution in [0.1, 0.15) is 148 Å². The number of aliphatic carboxylic acids is 1. The molecule has 0 rings (SSSR count). The van der Waals surface area contributed by atoms with E-state index < -0.39 is 5.97 Å². The molecule has 0 saturated heterocycles. The second-order valence-electron chi connectivity index (χ2n) is 9.09. The number of hydrogen-bond acceptors (Lipinski definition) is 1. The molecule has 0 aliphatic rings. The van der Waals surface area contributed by atoms with E-state index in [1.54, 1.807) is 0 Å². The van der Waals surface area contributed by atoms with Crippen LogP contribution in [-0.2, 0) is 4.79 Å². The second-order valence-corrected chi connectivity index (χ2v) is 9.09. The van der Waals surface area contributed by atoms with Crippen LogP contribution in [0.5, 0.6) is 0 Å². The molecule has 0 aliphatic carbocycles. The summed E-state index contributed by atoms with van der Waals surface area (Å²) in [4.78, 5) is 10.6. The summed E-state index contributed by atoms with van der Waals surface area (Å²) in [5.74, 6) is -0.890. The summed E-state index contributed by atoms with van der Waals surface area (Å²) in [7, 11) is 0. The van der Waals surface area contributed by atoms with Crippen molar-refractivity contribution in [3.05, 3.63) is 24.3 Å². The largest absolute Gasteiger partial charge is 0.478 e. The Labute approximate surface area is 188 Å².